The minimum Gasteiger partial charge on any atom is -0.387 e. The Hall–Kier alpha value is -2.06. The lowest BCUT2D eigenvalue weighted by molar-refractivity contribution is -0.123. The predicted molar refractivity (Wildman–Crippen MR) is 198 cm³/mol. The quantitative estimate of drug-likeness (QED) is 0.0317. The van der Waals surface area contributed by atoms with Crippen molar-refractivity contribution in [2.75, 3.05) is 19.8 Å². The number of amides is 1. The van der Waals surface area contributed by atoms with Gasteiger partial charge in [-0.1, -0.05) is 119 Å². The summed E-state index contributed by atoms with van der Waals surface area (Å²) in [5.41, 5.74) is 5.34. The number of phosphoric acid groups is 1. The van der Waals surface area contributed by atoms with E-state index in [9.17, 15) is 19.4 Å². The maximum Gasteiger partial charge on any atom is 0.472 e. The average Bonchev–Trinajstić information content (AvgIpc) is 3.05. The lowest BCUT2D eigenvalue weighted by Crippen LogP contribution is -2.45. The van der Waals surface area contributed by atoms with Crippen molar-refractivity contribution in [2.45, 2.75) is 142 Å². The molecule has 3 unspecified atom stereocenters. The molecule has 5 N–H and O–H groups in total. The fraction of sp³-hybridized carbons (Fsp3) is 0.658. The zero-order valence-electron chi connectivity index (χ0n) is 29.5. The number of aliphatic hydroxyl groups excluding tert-OH is 1. The topological polar surface area (TPSA) is 131 Å². The van der Waals surface area contributed by atoms with Gasteiger partial charge in [-0.3, -0.25) is 13.8 Å². The monoisotopic (exact) mass is 678 g/mol. The van der Waals surface area contributed by atoms with Crippen molar-refractivity contribution >= 4 is 13.7 Å². The fourth-order valence-electron chi connectivity index (χ4n) is 4.53. The molecular formula is C38H67N2O6P. The molecule has 270 valence electrons. The van der Waals surface area contributed by atoms with Crippen molar-refractivity contribution < 1.29 is 28.4 Å². The van der Waals surface area contributed by atoms with Crippen LogP contribution >= 0.6 is 7.82 Å². The van der Waals surface area contributed by atoms with Crippen LogP contribution in [0.15, 0.2) is 72.9 Å². The molecule has 0 aromatic heterocycles. The van der Waals surface area contributed by atoms with Gasteiger partial charge >= 0.3 is 7.82 Å². The van der Waals surface area contributed by atoms with E-state index in [-0.39, 0.29) is 25.7 Å². The Kier molecular flexibility index (Phi) is 32.3. The maximum atomic E-state index is 12.7. The van der Waals surface area contributed by atoms with Gasteiger partial charge in [0.15, 0.2) is 0 Å². The number of hydrogen-bond acceptors (Lipinski definition) is 6. The van der Waals surface area contributed by atoms with Crippen LogP contribution in [0.5, 0.6) is 0 Å². The molecule has 9 heteroatoms. The van der Waals surface area contributed by atoms with Crippen molar-refractivity contribution in [1.29, 1.82) is 0 Å². The summed E-state index contributed by atoms with van der Waals surface area (Å²) in [6.07, 6.45) is 42.3. The van der Waals surface area contributed by atoms with Crippen LogP contribution in [0.2, 0.25) is 0 Å². The summed E-state index contributed by atoms with van der Waals surface area (Å²) in [6.45, 7) is 3.90. The first-order valence-electron chi connectivity index (χ1n) is 18.1. The van der Waals surface area contributed by atoms with Crippen molar-refractivity contribution in [3.05, 3.63) is 72.9 Å². The number of nitrogens with two attached hydrogens (primary N) is 1. The number of carbonyl (C=O) groups is 1. The Morgan fingerprint density at radius 1 is 0.723 bits per heavy atom. The van der Waals surface area contributed by atoms with Gasteiger partial charge in [0.25, 0.3) is 0 Å². The second kappa shape index (κ2) is 33.8. The molecule has 1 amide bonds. The number of hydrogen-bond donors (Lipinski definition) is 4. The molecule has 0 saturated carbocycles. The molecule has 0 aliphatic heterocycles. The van der Waals surface area contributed by atoms with E-state index >= 15 is 0 Å². The Bertz CT molecular complexity index is 960. The highest BCUT2D eigenvalue weighted by Crippen LogP contribution is 2.43. The zero-order valence-corrected chi connectivity index (χ0v) is 30.4. The lowest BCUT2D eigenvalue weighted by atomic mass is 10.1. The maximum absolute atomic E-state index is 12.7. The van der Waals surface area contributed by atoms with Gasteiger partial charge in [0, 0.05) is 13.0 Å². The Morgan fingerprint density at radius 3 is 1.89 bits per heavy atom. The third-order valence-corrected chi connectivity index (χ3v) is 8.23. The van der Waals surface area contributed by atoms with Gasteiger partial charge in [-0.15, -0.1) is 0 Å². The van der Waals surface area contributed by atoms with Crippen LogP contribution in [0, 0.1) is 0 Å². The van der Waals surface area contributed by atoms with Gasteiger partial charge in [-0.25, -0.2) is 4.57 Å². The Labute approximate surface area is 287 Å². The van der Waals surface area contributed by atoms with E-state index < -0.39 is 20.0 Å². The summed E-state index contributed by atoms with van der Waals surface area (Å²) >= 11 is 0. The van der Waals surface area contributed by atoms with E-state index in [0.717, 1.165) is 89.9 Å². The van der Waals surface area contributed by atoms with Crippen molar-refractivity contribution in [3.63, 3.8) is 0 Å². The lowest BCUT2D eigenvalue weighted by Gasteiger charge is -2.23. The van der Waals surface area contributed by atoms with Gasteiger partial charge < -0.3 is 21.1 Å². The minimum atomic E-state index is -4.35. The fourth-order valence-corrected chi connectivity index (χ4v) is 5.29. The molecule has 0 bridgehead atoms. The number of phosphoric ester groups is 1. The van der Waals surface area contributed by atoms with Crippen molar-refractivity contribution in [2.24, 2.45) is 5.73 Å². The molecule has 0 saturated heterocycles. The van der Waals surface area contributed by atoms with E-state index in [1.165, 1.54) is 19.3 Å². The number of carbonyl (C=O) groups excluding carboxylic acids is 1. The highest BCUT2D eigenvalue weighted by molar-refractivity contribution is 7.47. The highest BCUT2D eigenvalue weighted by Gasteiger charge is 2.26. The van der Waals surface area contributed by atoms with E-state index in [1.54, 1.807) is 6.08 Å². The Morgan fingerprint density at radius 2 is 1.26 bits per heavy atom. The number of allylic oxidation sites excluding steroid dienone is 11. The zero-order chi connectivity index (χ0) is 34.7. The molecule has 8 nitrogen and oxygen atoms in total. The highest BCUT2D eigenvalue weighted by atomic mass is 31.2. The molecule has 0 rings (SSSR count). The number of rotatable bonds is 32. The van der Waals surface area contributed by atoms with Gasteiger partial charge in [-0.2, -0.15) is 0 Å². The average molecular weight is 679 g/mol. The largest absolute Gasteiger partial charge is 0.472 e. The third-order valence-electron chi connectivity index (χ3n) is 7.24. The third kappa shape index (κ3) is 32.3. The molecule has 0 aliphatic rings. The van der Waals surface area contributed by atoms with Crippen LogP contribution in [0.1, 0.15) is 129 Å². The first-order chi connectivity index (χ1) is 22.9. The van der Waals surface area contributed by atoms with Crippen LogP contribution in [-0.2, 0) is 18.4 Å². The Balaban J connectivity index is 4.47. The molecule has 0 heterocycles. The predicted octanol–water partition coefficient (Wildman–Crippen LogP) is 9.32. The smallest absolute Gasteiger partial charge is 0.387 e. The van der Waals surface area contributed by atoms with Crippen molar-refractivity contribution in [3.8, 4) is 0 Å². The molecule has 0 aliphatic carbocycles. The molecule has 47 heavy (non-hydrogen) atoms. The van der Waals surface area contributed by atoms with Gasteiger partial charge in [0.2, 0.25) is 5.91 Å². The summed E-state index contributed by atoms with van der Waals surface area (Å²) in [7, 11) is -4.35. The van der Waals surface area contributed by atoms with E-state index in [1.807, 2.05) is 6.08 Å². The number of nitrogens with one attached hydrogen (secondary N) is 1. The molecule has 0 fully saturated rings. The van der Waals surface area contributed by atoms with Crippen LogP contribution in [0.3, 0.4) is 0 Å². The molecule has 0 radical (unpaired) electrons. The summed E-state index contributed by atoms with van der Waals surface area (Å²) in [6, 6.07) is -0.894. The number of aliphatic hydroxyl groups is 1. The van der Waals surface area contributed by atoms with E-state index in [4.69, 9.17) is 14.8 Å². The van der Waals surface area contributed by atoms with Crippen LogP contribution in [0.4, 0.5) is 0 Å². The summed E-state index contributed by atoms with van der Waals surface area (Å²) in [4.78, 5) is 22.5. The normalized spacial score (nSPS) is 15.3. The SMILES string of the molecule is CC/C=C\C/C=C\C/C=C\CCCCCCCC(=O)NC(COP(=O)(O)OCCN)C(O)/C=C/CC/C=C/CC/C=C/CCCCC. The first kappa shape index (κ1) is 44.9. The molecule has 3 atom stereocenters. The minimum absolute atomic E-state index is 0.0648. The van der Waals surface area contributed by atoms with E-state index in [2.05, 4.69) is 79.9 Å². The van der Waals surface area contributed by atoms with Crippen LogP contribution < -0.4 is 11.1 Å². The second-order valence-electron chi connectivity index (χ2n) is 11.7. The molecule has 0 aromatic rings. The van der Waals surface area contributed by atoms with Crippen molar-refractivity contribution in [1.82, 2.24) is 5.32 Å². The van der Waals surface area contributed by atoms with Crippen LogP contribution in [-0.4, -0.2) is 47.8 Å². The molecule has 0 aromatic carbocycles. The van der Waals surface area contributed by atoms with Gasteiger partial charge in [-0.05, 0) is 77.0 Å². The summed E-state index contributed by atoms with van der Waals surface area (Å²) in [5.74, 6) is -0.231. The van der Waals surface area contributed by atoms with Gasteiger partial charge in [0.1, 0.15) is 0 Å². The summed E-state index contributed by atoms with van der Waals surface area (Å²) < 4.78 is 22.0. The standard InChI is InChI=1S/C38H67N2O6P/c1-3-5-7-9-11-13-15-17-18-20-22-24-26-28-30-32-38(42)40-36(35-46-47(43,44)45-34-33-39)37(41)31-29-27-25-23-21-19-16-14-12-10-8-6-4-2/h5,7,11-14,17-18,21,23,29,31,36-37,41H,3-4,6,8-10,15-16,19-20,22,24-28,30,32-35,39H2,1-2H3,(H,40,42)(H,43,44)/b7-5-,13-11-,14-12+,18-17-,23-21+,31-29+. The first-order valence-corrected chi connectivity index (χ1v) is 19.6. The number of unbranched alkanes of at least 4 members (excludes halogenated alkanes) is 10. The summed E-state index contributed by atoms with van der Waals surface area (Å²) in [5, 5.41) is 13.5. The molecule has 0 spiro atoms. The van der Waals surface area contributed by atoms with Crippen LogP contribution in [0.25, 0.3) is 0 Å². The van der Waals surface area contributed by atoms with E-state index in [0.29, 0.717) is 6.42 Å². The van der Waals surface area contributed by atoms with Gasteiger partial charge in [0.05, 0.1) is 25.4 Å². The molecular weight excluding hydrogens is 611 g/mol. The second-order valence-corrected chi connectivity index (χ2v) is 13.1.